The molecule has 0 unspecified atom stereocenters. The van der Waals surface area contributed by atoms with Crippen LogP contribution in [0, 0.1) is 5.41 Å². The van der Waals surface area contributed by atoms with Crippen LogP contribution in [0.25, 0.3) is 11.1 Å². The monoisotopic (exact) mass is 291 g/mol. The third-order valence-electron chi connectivity index (χ3n) is 5.62. The Balaban J connectivity index is 1.96. The van der Waals surface area contributed by atoms with E-state index in [1.165, 1.54) is 28.7 Å². The summed E-state index contributed by atoms with van der Waals surface area (Å²) in [6, 6.07) is 17.0. The lowest BCUT2D eigenvalue weighted by molar-refractivity contribution is -0.130. The van der Waals surface area contributed by atoms with E-state index in [4.69, 9.17) is 5.73 Å². The van der Waals surface area contributed by atoms with E-state index in [1.807, 2.05) is 0 Å². The SMILES string of the molecule is NC(=O)C1(C2c3ccccc3-c3ccccc32)CCCCC1. The summed E-state index contributed by atoms with van der Waals surface area (Å²) in [6.45, 7) is 0. The lowest BCUT2D eigenvalue weighted by atomic mass is 9.62. The lowest BCUT2D eigenvalue weighted by Gasteiger charge is -2.40. The second kappa shape index (κ2) is 4.98. The van der Waals surface area contributed by atoms with Crippen molar-refractivity contribution in [3.05, 3.63) is 59.7 Å². The molecule has 4 rings (SSSR count). The summed E-state index contributed by atoms with van der Waals surface area (Å²) in [6.07, 6.45) is 5.24. The van der Waals surface area contributed by atoms with E-state index in [0.717, 1.165) is 25.7 Å². The van der Waals surface area contributed by atoms with Gasteiger partial charge in [0.2, 0.25) is 5.91 Å². The largest absolute Gasteiger partial charge is 0.369 e. The second-order valence-corrected chi connectivity index (χ2v) is 6.69. The molecule has 2 aromatic carbocycles. The van der Waals surface area contributed by atoms with E-state index in [2.05, 4.69) is 48.5 Å². The molecule has 1 fully saturated rings. The Morgan fingerprint density at radius 3 is 1.86 bits per heavy atom. The fraction of sp³-hybridized carbons (Fsp3) is 0.350. The van der Waals surface area contributed by atoms with Crippen LogP contribution in [-0.2, 0) is 4.79 Å². The maximum absolute atomic E-state index is 12.5. The lowest BCUT2D eigenvalue weighted by Crippen LogP contribution is -2.43. The smallest absolute Gasteiger partial charge is 0.224 e. The Labute approximate surface area is 131 Å². The van der Waals surface area contributed by atoms with Crippen LogP contribution in [0.2, 0.25) is 0 Å². The van der Waals surface area contributed by atoms with Gasteiger partial charge < -0.3 is 5.73 Å². The zero-order valence-corrected chi connectivity index (χ0v) is 12.7. The molecular weight excluding hydrogens is 270 g/mol. The van der Waals surface area contributed by atoms with E-state index in [1.54, 1.807) is 0 Å². The normalized spacial score (nSPS) is 19.5. The Morgan fingerprint density at radius 1 is 0.864 bits per heavy atom. The first kappa shape index (κ1) is 13.6. The van der Waals surface area contributed by atoms with Gasteiger partial charge in [0.15, 0.2) is 0 Å². The number of benzene rings is 2. The first-order valence-electron chi connectivity index (χ1n) is 8.22. The highest BCUT2D eigenvalue weighted by atomic mass is 16.1. The van der Waals surface area contributed by atoms with E-state index >= 15 is 0 Å². The zero-order valence-electron chi connectivity index (χ0n) is 12.7. The molecule has 0 radical (unpaired) electrons. The second-order valence-electron chi connectivity index (χ2n) is 6.69. The van der Waals surface area contributed by atoms with Crippen molar-refractivity contribution < 1.29 is 4.79 Å². The molecule has 0 aliphatic heterocycles. The van der Waals surface area contributed by atoms with Crippen molar-refractivity contribution in [2.45, 2.75) is 38.0 Å². The molecule has 22 heavy (non-hydrogen) atoms. The zero-order chi connectivity index (χ0) is 15.2. The summed E-state index contributed by atoms with van der Waals surface area (Å²) < 4.78 is 0. The van der Waals surface area contributed by atoms with Crippen molar-refractivity contribution in [3.8, 4) is 11.1 Å². The van der Waals surface area contributed by atoms with Gasteiger partial charge in [0.1, 0.15) is 0 Å². The quantitative estimate of drug-likeness (QED) is 0.883. The van der Waals surface area contributed by atoms with Crippen LogP contribution in [-0.4, -0.2) is 5.91 Å². The van der Waals surface area contributed by atoms with Gasteiger partial charge in [0.05, 0.1) is 5.41 Å². The first-order chi connectivity index (χ1) is 10.7. The van der Waals surface area contributed by atoms with Gasteiger partial charge in [-0.05, 0) is 35.1 Å². The number of hydrogen-bond acceptors (Lipinski definition) is 1. The van der Waals surface area contributed by atoms with Gasteiger partial charge in [-0.2, -0.15) is 0 Å². The van der Waals surface area contributed by atoms with Gasteiger partial charge in [-0.1, -0.05) is 67.8 Å². The van der Waals surface area contributed by atoms with Crippen molar-refractivity contribution in [1.82, 2.24) is 0 Å². The molecule has 0 aromatic heterocycles. The summed E-state index contributed by atoms with van der Waals surface area (Å²) in [4.78, 5) is 12.5. The number of primary amides is 1. The van der Waals surface area contributed by atoms with Crippen LogP contribution in [0.4, 0.5) is 0 Å². The van der Waals surface area contributed by atoms with Gasteiger partial charge in [0.25, 0.3) is 0 Å². The van der Waals surface area contributed by atoms with Crippen LogP contribution >= 0.6 is 0 Å². The molecule has 0 bridgehead atoms. The van der Waals surface area contributed by atoms with Crippen LogP contribution in [0.5, 0.6) is 0 Å². The summed E-state index contributed by atoms with van der Waals surface area (Å²) >= 11 is 0. The Hall–Kier alpha value is -2.09. The molecule has 0 saturated heterocycles. The third kappa shape index (κ3) is 1.76. The van der Waals surface area contributed by atoms with Crippen molar-refractivity contribution in [2.24, 2.45) is 11.1 Å². The molecule has 2 nitrogen and oxygen atoms in total. The van der Waals surface area contributed by atoms with Crippen molar-refractivity contribution in [1.29, 1.82) is 0 Å². The van der Waals surface area contributed by atoms with Gasteiger partial charge in [-0.25, -0.2) is 0 Å². The molecule has 0 heterocycles. The molecule has 2 aliphatic carbocycles. The molecule has 1 saturated carbocycles. The van der Waals surface area contributed by atoms with Gasteiger partial charge >= 0.3 is 0 Å². The number of nitrogens with two attached hydrogens (primary N) is 1. The summed E-state index contributed by atoms with van der Waals surface area (Å²) in [7, 11) is 0. The van der Waals surface area contributed by atoms with Gasteiger partial charge in [-0.15, -0.1) is 0 Å². The fourth-order valence-electron chi connectivity index (χ4n) is 4.61. The van der Waals surface area contributed by atoms with E-state index in [-0.39, 0.29) is 11.8 Å². The molecule has 112 valence electrons. The standard InChI is InChI=1S/C20H21NO/c21-19(22)20(12-6-1-7-13-20)18-16-10-4-2-8-14(16)15-9-3-5-11-17(15)18/h2-5,8-11,18H,1,6-7,12-13H2,(H2,21,22). The molecule has 2 aromatic rings. The fourth-order valence-corrected chi connectivity index (χ4v) is 4.61. The molecule has 2 aliphatic rings. The van der Waals surface area contributed by atoms with E-state index in [9.17, 15) is 4.79 Å². The summed E-state index contributed by atoms with van der Waals surface area (Å²) in [5, 5.41) is 0. The number of fused-ring (bicyclic) bond motifs is 3. The van der Waals surface area contributed by atoms with Crippen LogP contribution < -0.4 is 5.73 Å². The average molecular weight is 291 g/mol. The van der Waals surface area contributed by atoms with Crippen LogP contribution in [0.3, 0.4) is 0 Å². The summed E-state index contributed by atoms with van der Waals surface area (Å²) in [5.74, 6) is 0.00130. The third-order valence-corrected chi connectivity index (χ3v) is 5.62. The van der Waals surface area contributed by atoms with E-state index in [0.29, 0.717) is 0 Å². The molecule has 0 spiro atoms. The number of carbonyl (C=O) groups excluding carboxylic acids is 1. The highest BCUT2D eigenvalue weighted by Crippen LogP contribution is 2.57. The minimum Gasteiger partial charge on any atom is -0.369 e. The molecular formula is C20H21NO. The Morgan fingerprint density at radius 2 is 1.36 bits per heavy atom. The number of rotatable bonds is 2. The first-order valence-corrected chi connectivity index (χ1v) is 8.22. The molecule has 2 N–H and O–H groups in total. The summed E-state index contributed by atoms with van der Waals surface area (Å²) in [5.41, 5.74) is 10.7. The predicted octanol–water partition coefficient (Wildman–Crippen LogP) is 4.23. The minimum atomic E-state index is -0.416. The Kier molecular flexibility index (Phi) is 3.07. The maximum atomic E-state index is 12.5. The van der Waals surface area contributed by atoms with Crippen LogP contribution in [0.15, 0.2) is 48.5 Å². The van der Waals surface area contributed by atoms with Crippen molar-refractivity contribution in [2.75, 3.05) is 0 Å². The van der Waals surface area contributed by atoms with E-state index < -0.39 is 5.41 Å². The Bertz CT molecular complexity index is 682. The number of amides is 1. The van der Waals surface area contributed by atoms with Crippen molar-refractivity contribution in [3.63, 3.8) is 0 Å². The van der Waals surface area contributed by atoms with Gasteiger partial charge in [0, 0.05) is 5.92 Å². The van der Waals surface area contributed by atoms with Crippen molar-refractivity contribution >= 4 is 5.91 Å². The molecule has 2 heteroatoms. The van der Waals surface area contributed by atoms with Gasteiger partial charge in [-0.3, -0.25) is 4.79 Å². The topological polar surface area (TPSA) is 43.1 Å². The molecule has 0 atom stereocenters. The minimum absolute atomic E-state index is 0.122. The highest BCUT2D eigenvalue weighted by molar-refractivity contribution is 5.88. The average Bonchev–Trinajstić information content (AvgIpc) is 2.90. The molecule has 1 amide bonds. The highest BCUT2D eigenvalue weighted by Gasteiger charge is 2.49. The predicted molar refractivity (Wildman–Crippen MR) is 88.4 cm³/mol. The number of hydrogen-bond donors (Lipinski definition) is 1. The number of carbonyl (C=O) groups is 1. The van der Waals surface area contributed by atoms with Crippen LogP contribution in [0.1, 0.15) is 49.1 Å². The maximum Gasteiger partial charge on any atom is 0.224 e.